The number of para-hydroxylation sites is 1. The normalized spacial score (nSPS) is 21.6. The van der Waals surface area contributed by atoms with Gasteiger partial charge >= 0.3 is 0 Å². The number of nitrogens with two attached hydrogens (primary N) is 1. The van der Waals surface area contributed by atoms with Gasteiger partial charge in [0.1, 0.15) is 11.9 Å². The van der Waals surface area contributed by atoms with Gasteiger partial charge in [0.05, 0.1) is 0 Å². The Labute approximate surface area is 114 Å². The molecule has 2 nitrogen and oxygen atoms in total. The molecule has 1 aliphatic heterocycles. The number of hydrogen-bond donors (Lipinski definition) is 1. The Morgan fingerprint density at radius 1 is 1.05 bits per heavy atom. The molecule has 1 heterocycles. The molecular weight excluding hydrogens is 234 g/mol. The van der Waals surface area contributed by atoms with Crippen molar-refractivity contribution in [2.75, 3.05) is 0 Å². The Hall–Kier alpha value is -1.80. The quantitative estimate of drug-likeness (QED) is 0.838. The second kappa shape index (κ2) is 4.71. The van der Waals surface area contributed by atoms with Crippen LogP contribution in [0.2, 0.25) is 0 Å². The lowest BCUT2D eigenvalue weighted by molar-refractivity contribution is 0.161. The molecular formula is C17H19NO. The van der Waals surface area contributed by atoms with Crippen molar-refractivity contribution in [1.29, 1.82) is 0 Å². The lowest BCUT2D eigenvalue weighted by Gasteiger charge is -2.31. The molecule has 0 saturated heterocycles. The van der Waals surface area contributed by atoms with Crippen LogP contribution < -0.4 is 10.5 Å². The van der Waals surface area contributed by atoms with E-state index in [1.807, 2.05) is 18.2 Å². The van der Waals surface area contributed by atoms with E-state index >= 15 is 0 Å². The molecule has 2 atom stereocenters. The highest BCUT2D eigenvalue weighted by Gasteiger charge is 2.27. The fourth-order valence-electron chi connectivity index (χ4n) is 2.75. The molecule has 98 valence electrons. The molecule has 0 spiro atoms. The van der Waals surface area contributed by atoms with E-state index in [1.54, 1.807) is 0 Å². The van der Waals surface area contributed by atoms with Crippen LogP contribution in [0.5, 0.6) is 5.75 Å². The van der Waals surface area contributed by atoms with Gasteiger partial charge in [-0.1, -0.05) is 42.0 Å². The summed E-state index contributed by atoms with van der Waals surface area (Å²) in [5.41, 5.74) is 11.2. The molecule has 0 amide bonds. The van der Waals surface area contributed by atoms with Crippen molar-refractivity contribution < 1.29 is 4.74 Å². The molecule has 3 rings (SSSR count). The summed E-state index contributed by atoms with van der Waals surface area (Å²) in [5.74, 6) is 0.923. The Morgan fingerprint density at radius 3 is 2.68 bits per heavy atom. The van der Waals surface area contributed by atoms with Gasteiger partial charge in [-0.3, -0.25) is 0 Å². The van der Waals surface area contributed by atoms with Crippen LogP contribution >= 0.6 is 0 Å². The van der Waals surface area contributed by atoms with Gasteiger partial charge in [0.15, 0.2) is 0 Å². The second-order valence-electron chi connectivity index (χ2n) is 5.35. The maximum Gasteiger partial charge on any atom is 0.126 e. The molecule has 0 bridgehead atoms. The third-order valence-corrected chi connectivity index (χ3v) is 3.84. The minimum absolute atomic E-state index is 0.0508. The first kappa shape index (κ1) is 12.2. The van der Waals surface area contributed by atoms with Crippen molar-refractivity contribution in [2.24, 2.45) is 5.73 Å². The van der Waals surface area contributed by atoms with E-state index in [-0.39, 0.29) is 12.1 Å². The van der Waals surface area contributed by atoms with Gasteiger partial charge in [-0.25, -0.2) is 0 Å². The number of benzene rings is 2. The largest absolute Gasteiger partial charge is 0.485 e. The van der Waals surface area contributed by atoms with Crippen molar-refractivity contribution in [3.05, 3.63) is 64.7 Å². The summed E-state index contributed by atoms with van der Waals surface area (Å²) >= 11 is 0. The summed E-state index contributed by atoms with van der Waals surface area (Å²) in [6, 6.07) is 14.6. The van der Waals surface area contributed by atoms with Crippen LogP contribution in [-0.2, 0) is 0 Å². The smallest absolute Gasteiger partial charge is 0.126 e. The van der Waals surface area contributed by atoms with E-state index in [1.165, 1.54) is 16.7 Å². The molecule has 0 saturated carbocycles. The van der Waals surface area contributed by atoms with Gasteiger partial charge in [-0.2, -0.15) is 0 Å². The first-order chi connectivity index (χ1) is 9.15. The minimum Gasteiger partial charge on any atom is -0.485 e. The summed E-state index contributed by atoms with van der Waals surface area (Å²) in [7, 11) is 0. The number of ether oxygens (including phenoxy) is 1. The predicted octanol–water partition coefficient (Wildman–Crippen LogP) is 3.83. The van der Waals surface area contributed by atoms with Gasteiger partial charge in [-0.15, -0.1) is 0 Å². The van der Waals surface area contributed by atoms with Gasteiger partial charge in [0.25, 0.3) is 0 Å². The van der Waals surface area contributed by atoms with Gasteiger partial charge in [0, 0.05) is 18.0 Å². The number of fused-ring (bicyclic) bond motifs is 1. The lowest BCUT2D eigenvalue weighted by Crippen LogP contribution is -2.24. The van der Waals surface area contributed by atoms with Crippen LogP contribution in [-0.4, -0.2) is 0 Å². The fourth-order valence-corrected chi connectivity index (χ4v) is 2.75. The zero-order chi connectivity index (χ0) is 13.4. The van der Waals surface area contributed by atoms with Crippen molar-refractivity contribution in [3.63, 3.8) is 0 Å². The monoisotopic (exact) mass is 253 g/mol. The van der Waals surface area contributed by atoms with Crippen LogP contribution in [0.25, 0.3) is 0 Å². The highest BCUT2D eigenvalue weighted by atomic mass is 16.5. The van der Waals surface area contributed by atoms with E-state index in [0.29, 0.717) is 0 Å². The zero-order valence-electron chi connectivity index (χ0n) is 11.4. The fraction of sp³-hybridized carbons (Fsp3) is 0.294. The molecule has 0 aliphatic carbocycles. The maximum absolute atomic E-state index is 6.28. The lowest BCUT2D eigenvalue weighted by atomic mass is 9.91. The topological polar surface area (TPSA) is 35.2 Å². The second-order valence-corrected chi connectivity index (χ2v) is 5.35. The third kappa shape index (κ3) is 2.24. The van der Waals surface area contributed by atoms with Crippen molar-refractivity contribution >= 4 is 0 Å². The van der Waals surface area contributed by atoms with E-state index in [9.17, 15) is 0 Å². The molecule has 0 radical (unpaired) electrons. The number of hydrogen-bond acceptors (Lipinski definition) is 2. The highest BCUT2D eigenvalue weighted by Crippen LogP contribution is 2.40. The van der Waals surface area contributed by atoms with Gasteiger partial charge in [-0.05, 0) is 31.0 Å². The van der Waals surface area contributed by atoms with Crippen molar-refractivity contribution in [3.8, 4) is 5.75 Å². The summed E-state index contributed by atoms with van der Waals surface area (Å²) in [6.07, 6.45) is 0.895. The number of aryl methyl sites for hydroxylation is 2. The van der Waals surface area contributed by atoms with Crippen LogP contribution in [0.3, 0.4) is 0 Å². The highest BCUT2D eigenvalue weighted by molar-refractivity contribution is 5.40. The van der Waals surface area contributed by atoms with Crippen LogP contribution in [0, 0.1) is 13.8 Å². The van der Waals surface area contributed by atoms with Crippen molar-refractivity contribution in [2.45, 2.75) is 32.4 Å². The molecule has 2 aromatic rings. The SMILES string of the molecule is Cc1ccc(C)c(C2C[C@@H](N)c3ccccc3O2)c1. The van der Waals surface area contributed by atoms with E-state index in [0.717, 1.165) is 17.7 Å². The van der Waals surface area contributed by atoms with Gasteiger partial charge in [0.2, 0.25) is 0 Å². The molecule has 0 aromatic heterocycles. The van der Waals surface area contributed by atoms with E-state index in [2.05, 4.69) is 38.1 Å². The van der Waals surface area contributed by atoms with Crippen LogP contribution in [0.1, 0.15) is 40.8 Å². The van der Waals surface area contributed by atoms with Crippen molar-refractivity contribution in [1.82, 2.24) is 0 Å². The Kier molecular flexibility index (Phi) is 3.03. The Balaban J connectivity index is 1.99. The maximum atomic E-state index is 6.28. The minimum atomic E-state index is 0.0508. The first-order valence-corrected chi connectivity index (χ1v) is 6.73. The Bertz CT molecular complexity index is 606. The van der Waals surface area contributed by atoms with Crippen LogP contribution in [0.4, 0.5) is 0 Å². The average molecular weight is 253 g/mol. The predicted molar refractivity (Wildman–Crippen MR) is 77.3 cm³/mol. The Morgan fingerprint density at radius 2 is 1.84 bits per heavy atom. The van der Waals surface area contributed by atoms with Gasteiger partial charge < -0.3 is 10.5 Å². The molecule has 19 heavy (non-hydrogen) atoms. The molecule has 1 aliphatic rings. The molecule has 0 fully saturated rings. The zero-order valence-corrected chi connectivity index (χ0v) is 11.4. The van der Waals surface area contributed by atoms with E-state index in [4.69, 9.17) is 10.5 Å². The summed E-state index contributed by atoms with van der Waals surface area (Å²) in [4.78, 5) is 0. The number of rotatable bonds is 1. The van der Waals surface area contributed by atoms with E-state index < -0.39 is 0 Å². The summed E-state index contributed by atoms with van der Waals surface area (Å²) in [6.45, 7) is 4.24. The van der Waals surface area contributed by atoms with Crippen LogP contribution in [0.15, 0.2) is 42.5 Å². The standard InChI is InChI=1S/C17H19NO/c1-11-7-8-12(2)14(9-11)17-10-15(18)13-5-3-4-6-16(13)19-17/h3-9,15,17H,10,18H2,1-2H3/t15-,17?/m1/s1. The molecule has 1 unspecified atom stereocenters. The molecule has 2 N–H and O–H groups in total. The average Bonchev–Trinajstić information content (AvgIpc) is 2.41. The summed E-state index contributed by atoms with van der Waals surface area (Å²) < 4.78 is 6.14. The first-order valence-electron chi connectivity index (χ1n) is 6.73. The third-order valence-electron chi connectivity index (χ3n) is 3.84. The summed E-state index contributed by atoms with van der Waals surface area (Å²) in [5, 5.41) is 0. The molecule has 2 aromatic carbocycles. The molecule has 2 heteroatoms.